The van der Waals surface area contributed by atoms with E-state index in [9.17, 15) is 5.11 Å². The maximum Gasteiger partial charge on any atom is 0.0903 e. The quantitative estimate of drug-likeness (QED) is 0.712. The van der Waals surface area contributed by atoms with Crippen molar-refractivity contribution in [2.24, 2.45) is 11.3 Å². The molecule has 1 aliphatic rings. The number of aromatic amines is 1. The van der Waals surface area contributed by atoms with Crippen molar-refractivity contribution in [1.29, 1.82) is 0 Å². The molecule has 2 heteroatoms. The predicted octanol–water partition coefficient (Wildman–Crippen LogP) is 4.98. The molecule has 3 rings (SSSR count). The molecule has 2 aromatic rings. The van der Waals surface area contributed by atoms with Crippen LogP contribution < -0.4 is 0 Å². The van der Waals surface area contributed by atoms with E-state index in [1.165, 1.54) is 11.8 Å². The van der Waals surface area contributed by atoms with Gasteiger partial charge in [0.15, 0.2) is 0 Å². The average molecular weight is 285 g/mol. The van der Waals surface area contributed by atoms with Gasteiger partial charge in [-0.3, -0.25) is 0 Å². The molecular weight excluding hydrogens is 258 g/mol. The molecule has 0 aliphatic heterocycles. The first-order chi connectivity index (χ1) is 9.90. The summed E-state index contributed by atoms with van der Waals surface area (Å²) in [6.07, 6.45) is 7.17. The lowest BCUT2D eigenvalue weighted by atomic mass is 9.76. The monoisotopic (exact) mass is 285 g/mol. The van der Waals surface area contributed by atoms with Crippen LogP contribution in [0.3, 0.4) is 0 Å². The number of benzene rings is 1. The number of fused-ring (bicyclic) bond motifs is 1. The third kappa shape index (κ3) is 2.74. The molecule has 1 aromatic carbocycles. The van der Waals surface area contributed by atoms with Gasteiger partial charge in [0.05, 0.1) is 5.60 Å². The highest BCUT2D eigenvalue weighted by Crippen LogP contribution is 2.44. The summed E-state index contributed by atoms with van der Waals surface area (Å²) >= 11 is 0. The number of H-pyrrole nitrogens is 1. The molecule has 2 atom stereocenters. The standard InChI is InChI=1S/C19H27NO/c1-18(2,3)14-6-5-11-19(21,12-9-14)16-7-4-8-17-15(16)10-13-20-17/h4,7-8,10,13-14,20-21H,5-6,9,11-12H2,1-3H3. The fourth-order valence-corrected chi connectivity index (χ4v) is 3.95. The smallest absolute Gasteiger partial charge is 0.0903 e. The normalized spacial score (nSPS) is 27.7. The first-order valence-corrected chi connectivity index (χ1v) is 8.19. The van der Waals surface area contributed by atoms with E-state index < -0.39 is 5.60 Å². The number of rotatable bonds is 1. The van der Waals surface area contributed by atoms with Gasteiger partial charge >= 0.3 is 0 Å². The molecule has 2 nitrogen and oxygen atoms in total. The third-order valence-corrected chi connectivity index (χ3v) is 5.37. The van der Waals surface area contributed by atoms with Crippen LogP contribution in [0.4, 0.5) is 0 Å². The topological polar surface area (TPSA) is 36.0 Å². The zero-order chi connectivity index (χ0) is 15.1. The summed E-state index contributed by atoms with van der Waals surface area (Å²) in [5, 5.41) is 12.5. The van der Waals surface area contributed by atoms with Crippen molar-refractivity contribution in [3.05, 3.63) is 36.0 Å². The van der Waals surface area contributed by atoms with Crippen molar-refractivity contribution in [3.63, 3.8) is 0 Å². The van der Waals surface area contributed by atoms with Crippen LogP contribution in [0.1, 0.15) is 58.4 Å². The van der Waals surface area contributed by atoms with E-state index in [0.717, 1.165) is 36.8 Å². The summed E-state index contributed by atoms with van der Waals surface area (Å²) in [7, 11) is 0. The van der Waals surface area contributed by atoms with Gasteiger partial charge in [-0.05, 0) is 61.1 Å². The number of hydrogen-bond donors (Lipinski definition) is 2. The first kappa shape index (κ1) is 14.6. The zero-order valence-electron chi connectivity index (χ0n) is 13.4. The Labute approximate surface area is 127 Å². The molecule has 2 unspecified atom stereocenters. The second-order valence-electron chi connectivity index (χ2n) is 7.77. The van der Waals surface area contributed by atoms with Gasteiger partial charge in [-0.15, -0.1) is 0 Å². The van der Waals surface area contributed by atoms with Gasteiger partial charge in [0, 0.05) is 17.1 Å². The van der Waals surface area contributed by atoms with Gasteiger partial charge in [-0.25, -0.2) is 0 Å². The van der Waals surface area contributed by atoms with Crippen LogP contribution in [0.25, 0.3) is 10.9 Å². The summed E-state index contributed by atoms with van der Waals surface area (Å²) in [6, 6.07) is 8.33. The summed E-state index contributed by atoms with van der Waals surface area (Å²) in [6.45, 7) is 6.98. The van der Waals surface area contributed by atoms with Gasteiger partial charge in [-0.2, -0.15) is 0 Å². The van der Waals surface area contributed by atoms with Crippen LogP contribution >= 0.6 is 0 Å². The molecule has 1 aromatic heterocycles. The molecule has 1 aliphatic carbocycles. The van der Waals surface area contributed by atoms with Crippen molar-refractivity contribution >= 4 is 10.9 Å². The fourth-order valence-electron chi connectivity index (χ4n) is 3.95. The van der Waals surface area contributed by atoms with Crippen molar-refractivity contribution in [2.75, 3.05) is 0 Å². The summed E-state index contributed by atoms with van der Waals surface area (Å²) in [5.41, 5.74) is 1.90. The highest BCUT2D eigenvalue weighted by atomic mass is 16.3. The SMILES string of the molecule is CC(C)(C)C1CCCC(O)(c2cccc3[nH]ccc23)CC1. The Balaban J connectivity index is 1.92. The largest absolute Gasteiger partial charge is 0.385 e. The molecular formula is C19H27NO. The van der Waals surface area contributed by atoms with E-state index in [4.69, 9.17) is 0 Å². The molecule has 2 N–H and O–H groups in total. The maximum atomic E-state index is 11.3. The van der Waals surface area contributed by atoms with E-state index in [1.807, 2.05) is 6.20 Å². The van der Waals surface area contributed by atoms with Gasteiger partial charge in [0.1, 0.15) is 0 Å². The molecule has 21 heavy (non-hydrogen) atoms. The molecule has 1 saturated carbocycles. The third-order valence-electron chi connectivity index (χ3n) is 5.37. The zero-order valence-corrected chi connectivity index (χ0v) is 13.4. The van der Waals surface area contributed by atoms with E-state index in [1.54, 1.807) is 0 Å². The fraction of sp³-hybridized carbons (Fsp3) is 0.579. The van der Waals surface area contributed by atoms with E-state index >= 15 is 0 Å². The van der Waals surface area contributed by atoms with Crippen molar-refractivity contribution in [2.45, 2.75) is 58.5 Å². The number of nitrogens with one attached hydrogen (secondary N) is 1. The second-order valence-corrected chi connectivity index (χ2v) is 7.77. The maximum absolute atomic E-state index is 11.3. The van der Waals surface area contributed by atoms with Crippen LogP contribution in [0.15, 0.2) is 30.5 Å². The minimum absolute atomic E-state index is 0.339. The lowest BCUT2D eigenvalue weighted by molar-refractivity contribution is 0.0194. The Bertz CT molecular complexity index is 622. The molecule has 0 radical (unpaired) electrons. The van der Waals surface area contributed by atoms with E-state index in [2.05, 4.69) is 50.0 Å². The number of aromatic nitrogens is 1. The molecule has 0 bridgehead atoms. The summed E-state index contributed by atoms with van der Waals surface area (Å²) < 4.78 is 0. The highest BCUT2D eigenvalue weighted by Gasteiger charge is 2.36. The van der Waals surface area contributed by atoms with E-state index in [0.29, 0.717) is 11.3 Å². The Morgan fingerprint density at radius 2 is 1.95 bits per heavy atom. The number of hydrogen-bond acceptors (Lipinski definition) is 1. The van der Waals surface area contributed by atoms with Crippen molar-refractivity contribution < 1.29 is 5.11 Å². The Kier molecular flexibility index (Phi) is 3.61. The second kappa shape index (κ2) is 5.17. The number of aliphatic hydroxyl groups is 1. The van der Waals surface area contributed by atoms with Gasteiger partial charge in [0.25, 0.3) is 0 Å². The molecule has 0 spiro atoms. The summed E-state index contributed by atoms with van der Waals surface area (Å²) in [4.78, 5) is 3.25. The van der Waals surface area contributed by atoms with Crippen molar-refractivity contribution in [1.82, 2.24) is 4.98 Å². The Morgan fingerprint density at radius 1 is 1.14 bits per heavy atom. The molecule has 0 amide bonds. The lowest BCUT2D eigenvalue weighted by Gasteiger charge is -2.31. The van der Waals surface area contributed by atoms with Crippen LogP contribution in [-0.4, -0.2) is 10.1 Å². The first-order valence-electron chi connectivity index (χ1n) is 8.19. The van der Waals surface area contributed by atoms with Crippen molar-refractivity contribution in [3.8, 4) is 0 Å². The Hall–Kier alpha value is -1.28. The Morgan fingerprint density at radius 3 is 2.71 bits per heavy atom. The highest BCUT2D eigenvalue weighted by molar-refractivity contribution is 5.83. The average Bonchev–Trinajstić information content (AvgIpc) is 2.80. The lowest BCUT2D eigenvalue weighted by Crippen LogP contribution is -2.26. The van der Waals surface area contributed by atoms with Crippen LogP contribution in [-0.2, 0) is 5.60 Å². The predicted molar refractivity (Wildman–Crippen MR) is 88.2 cm³/mol. The minimum Gasteiger partial charge on any atom is -0.385 e. The van der Waals surface area contributed by atoms with Gasteiger partial charge < -0.3 is 10.1 Å². The van der Waals surface area contributed by atoms with Crippen LogP contribution in [0.5, 0.6) is 0 Å². The molecule has 1 heterocycles. The minimum atomic E-state index is -0.665. The van der Waals surface area contributed by atoms with Crippen LogP contribution in [0.2, 0.25) is 0 Å². The van der Waals surface area contributed by atoms with Crippen LogP contribution in [0, 0.1) is 11.3 Å². The van der Waals surface area contributed by atoms with Gasteiger partial charge in [0.2, 0.25) is 0 Å². The molecule has 114 valence electrons. The molecule has 1 fully saturated rings. The van der Waals surface area contributed by atoms with E-state index in [-0.39, 0.29) is 0 Å². The molecule has 0 saturated heterocycles. The van der Waals surface area contributed by atoms with Gasteiger partial charge in [-0.1, -0.05) is 32.9 Å². The summed E-state index contributed by atoms with van der Waals surface area (Å²) in [5.74, 6) is 0.706.